The van der Waals surface area contributed by atoms with Gasteiger partial charge in [-0.25, -0.2) is 4.79 Å². The number of hydrogen-bond donors (Lipinski definition) is 1. The highest BCUT2D eigenvalue weighted by Crippen LogP contribution is 2.39. The number of hydrogen-bond acceptors (Lipinski definition) is 4. The van der Waals surface area contributed by atoms with Gasteiger partial charge in [-0.3, -0.25) is 5.32 Å². The second-order valence-electron chi connectivity index (χ2n) is 7.36. The number of nitrogens with zero attached hydrogens (tertiary/aromatic N) is 1. The van der Waals surface area contributed by atoms with Crippen LogP contribution in [0, 0.1) is 18.3 Å². The molecule has 5 nitrogen and oxygen atoms in total. The summed E-state index contributed by atoms with van der Waals surface area (Å²) in [5, 5.41) is 12.8. The molecule has 2 aromatic carbocycles. The zero-order chi connectivity index (χ0) is 21.1. The number of carbonyl (C=O) groups excluding carboxylic acids is 1. The van der Waals surface area contributed by atoms with E-state index in [1.54, 1.807) is 39.0 Å². The van der Waals surface area contributed by atoms with Gasteiger partial charge in [0, 0.05) is 22.9 Å². The lowest BCUT2D eigenvalue weighted by atomic mass is 9.98. The van der Waals surface area contributed by atoms with Gasteiger partial charge in [-0.15, -0.1) is 0 Å². The molecule has 0 fully saturated rings. The number of nitrogens with one attached hydrogen (secondary N) is 1. The van der Waals surface area contributed by atoms with E-state index < -0.39 is 18.3 Å². The summed E-state index contributed by atoms with van der Waals surface area (Å²) in [5.41, 5.74) is 0.656. The highest BCUT2D eigenvalue weighted by molar-refractivity contribution is 6.04. The van der Waals surface area contributed by atoms with Gasteiger partial charge in [0.2, 0.25) is 0 Å². The molecule has 0 aliphatic heterocycles. The molecule has 0 bridgehead atoms. The van der Waals surface area contributed by atoms with Crippen molar-refractivity contribution in [3.63, 3.8) is 0 Å². The lowest BCUT2D eigenvalue weighted by Crippen LogP contribution is -2.27. The Kier molecular flexibility index (Phi) is 6.24. The van der Waals surface area contributed by atoms with Gasteiger partial charge in [0.25, 0.3) is 0 Å². The number of rotatable bonds is 5. The van der Waals surface area contributed by atoms with Crippen LogP contribution in [-0.4, -0.2) is 18.3 Å². The normalized spacial score (nSPS) is 11.2. The molecule has 0 spiro atoms. The molecule has 0 saturated heterocycles. The minimum absolute atomic E-state index is 0.00533. The van der Waals surface area contributed by atoms with Crippen molar-refractivity contribution in [2.45, 2.75) is 46.3 Å². The number of alkyl halides is 2. The highest BCUT2D eigenvalue weighted by Gasteiger charge is 2.23. The Morgan fingerprint density at radius 1 is 1.32 bits per heavy atom. The molecule has 148 valence electrons. The standard InChI is InChI=1S/C21H22F2N2O3/c1-12-6-7-14-10-15(8-13(2)11-24)18(27-19(22)23)17(16(14)9-12)25-20(26)28-21(3,4)5/h6-7,9-10,19H,2,8H2,1,3-5H3,(H,25,26). The third-order valence-electron chi connectivity index (χ3n) is 3.72. The number of aryl methyl sites for hydroxylation is 1. The SMILES string of the molecule is C=C(C#N)Cc1cc2ccc(C)cc2c(NC(=O)OC(C)(C)C)c1OC(F)F. The first-order valence-electron chi connectivity index (χ1n) is 8.59. The van der Waals surface area contributed by atoms with Gasteiger partial charge in [-0.1, -0.05) is 24.3 Å². The van der Waals surface area contributed by atoms with Crippen molar-refractivity contribution in [1.82, 2.24) is 0 Å². The molecule has 0 atom stereocenters. The van der Waals surface area contributed by atoms with E-state index in [1.807, 2.05) is 19.1 Å². The van der Waals surface area contributed by atoms with E-state index in [2.05, 4.69) is 11.9 Å². The first-order chi connectivity index (χ1) is 13.0. The number of amides is 1. The highest BCUT2D eigenvalue weighted by atomic mass is 19.3. The minimum Gasteiger partial charge on any atom is -0.444 e. The number of halogens is 2. The number of ether oxygens (including phenoxy) is 2. The summed E-state index contributed by atoms with van der Waals surface area (Å²) in [6.45, 7) is 7.41. The van der Waals surface area contributed by atoms with Gasteiger partial charge in [0.15, 0.2) is 5.75 Å². The first kappa shape index (κ1) is 21.2. The first-order valence-corrected chi connectivity index (χ1v) is 8.59. The van der Waals surface area contributed by atoms with Crippen LogP contribution in [0.1, 0.15) is 31.9 Å². The quantitative estimate of drug-likeness (QED) is 0.665. The van der Waals surface area contributed by atoms with Gasteiger partial charge in [0.05, 0.1) is 11.8 Å². The van der Waals surface area contributed by atoms with Crippen molar-refractivity contribution in [3.8, 4) is 11.8 Å². The summed E-state index contributed by atoms with van der Waals surface area (Å²) in [4.78, 5) is 12.3. The summed E-state index contributed by atoms with van der Waals surface area (Å²) in [6.07, 6.45) is -0.795. The smallest absolute Gasteiger partial charge is 0.412 e. The molecule has 28 heavy (non-hydrogen) atoms. The Bertz CT molecular complexity index is 957. The Morgan fingerprint density at radius 2 is 2.00 bits per heavy atom. The average molecular weight is 388 g/mol. The summed E-state index contributed by atoms with van der Waals surface area (Å²) in [6, 6.07) is 8.95. The zero-order valence-electron chi connectivity index (χ0n) is 16.2. The maximum absolute atomic E-state index is 13.1. The van der Waals surface area contributed by atoms with E-state index in [4.69, 9.17) is 14.7 Å². The third kappa shape index (κ3) is 5.43. The van der Waals surface area contributed by atoms with Crippen LogP contribution in [0.15, 0.2) is 36.4 Å². The molecule has 7 heteroatoms. The maximum Gasteiger partial charge on any atom is 0.412 e. The monoisotopic (exact) mass is 388 g/mol. The lowest BCUT2D eigenvalue weighted by Gasteiger charge is -2.22. The number of nitriles is 1. The Hall–Kier alpha value is -3.14. The number of fused-ring (bicyclic) bond motifs is 1. The molecule has 0 aliphatic rings. The summed E-state index contributed by atoms with van der Waals surface area (Å²) >= 11 is 0. The summed E-state index contributed by atoms with van der Waals surface area (Å²) in [5.74, 6) is -0.213. The maximum atomic E-state index is 13.1. The average Bonchev–Trinajstić information content (AvgIpc) is 2.56. The van der Waals surface area contributed by atoms with Crippen LogP contribution >= 0.6 is 0 Å². The van der Waals surface area contributed by atoms with Crippen LogP contribution in [0.3, 0.4) is 0 Å². The fourth-order valence-corrected chi connectivity index (χ4v) is 2.70. The fraction of sp³-hybridized carbons (Fsp3) is 0.333. The molecule has 0 heterocycles. The zero-order valence-corrected chi connectivity index (χ0v) is 16.2. The molecule has 0 aliphatic carbocycles. The van der Waals surface area contributed by atoms with Crippen LogP contribution < -0.4 is 10.1 Å². The second kappa shape index (κ2) is 8.26. The number of allylic oxidation sites excluding steroid dienone is 1. The van der Waals surface area contributed by atoms with Crippen molar-refractivity contribution >= 4 is 22.6 Å². The summed E-state index contributed by atoms with van der Waals surface area (Å²) < 4.78 is 36.3. The topological polar surface area (TPSA) is 71.4 Å². The van der Waals surface area contributed by atoms with Crippen LogP contribution in [0.2, 0.25) is 0 Å². The predicted octanol–water partition coefficient (Wildman–Crippen LogP) is 5.72. The van der Waals surface area contributed by atoms with Crippen LogP contribution in [0.5, 0.6) is 5.75 Å². The molecule has 2 aromatic rings. The van der Waals surface area contributed by atoms with Crippen molar-refractivity contribution < 1.29 is 23.0 Å². The van der Waals surface area contributed by atoms with Crippen molar-refractivity contribution in [2.75, 3.05) is 5.32 Å². The molecule has 1 N–H and O–H groups in total. The van der Waals surface area contributed by atoms with Crippen molar-refractivity contribution in [1.29, 1.82) is 5.26 Å². The molecule has 2 rings (SSSR count). The Balaban J connectivity index is 2.69. The Labute approximate surface area is 162 Å². The van der Waals surface area contributed by atoms with E-state index in [1.165, 1.54) is 0 Å². The van der Waals surface area contributed by atoms with Crippen molar-refractivity contribution in [3.05, 3.63) is 47.5 Å². The molecule has 1 amide bonds. The van der Waals surface area contributed by atoms with E-state index >= 15 is 0 Å². The summed E-state index contributed by atoms with van der Waals surface area (Å²) in [7, 11) is 0. The van der Waals surface area contributed by atoms with Crippen LogP contribution in [0.25, 0.3) is 10.8 Å². The molecule has 0 unspecified atom stereocenters. The van der Waals surface area contributed by atoms with E-state index in [9.17, 15) is 13.6 Å². The largest absolute Gasteiger partial charge is 0.444 e. The molecule has 0 aromatic heterocycles. The van der Waals surface area contributed by atoms with Crippen LogP contribution in [-0.2, 0) is 11.2 Å². The van der Waals surface area contributed by atoms with Crippen LogP contribution in [0.4, 0.5) is 19.3 Å². The van der Waals surface area contributed by atoms with Gasteiger partial charge in [-0.2, -0.15) is 14.0 Å². The Morgan fingerprint density at radius 3 is 2.57 bits per heavy atom. The van der Waals surface area contributed by atoms with E-state index in [0.29, 0.717) is 16.3 Å². The predicted molar refractivity (Wildman–Crippen MR) is 104 cm³/mol. The number of carbonyl (C=O) groups is 1. The third-order valence-corrected chi connectivity index (χ3v) is 3.72. The van der Waals surface area contributed by atoms with Gasteiger partial charge in [-0.05, 0) is 45.2 Å². The molecular formula is C21H22F2N2O3. The minimum atomic E-state index is -3.12. The molecular weight excluding hydrogens is 366 g/mol. The van der Waals surface area contributed by atoms with Gasteiger partial charge < -0.3 is 9.47 Å². The number of benzene rings is 2. The van der Waals surface area contributed by atoms with Gasteiger partial charge >= 0.3 is 12.7 Å². The lowest BCUT2D eigenvalue weighted by molar-refractivity contribution is -0.0498. The van der Waals surface area contributed by atoms with Crippen molar-refractivity contribution in [2.24, 2.45) is 0 Å². The van der Waals surface area contributed by atoms with E-state index in [-0.39, 0.29) is 23.4 Å². The molecule has 0 saturated carbocycles. The molecule has 0 radical (unpaired) electrons. The fourth-order valence-electron chi connectivity index (χ4n) is 2.70. The number of anilines is 1. The van der Waals surface area contributed by atoms with E-state index in [0.717, 1.165) is 5.56 Å². The van der Waals surface area contributed by atoms with Gasteiger partial charge in [0.1, 0.15) is 5.60 Å². The second-order valence-corrected chi connectivity index (χ2v) is 7.36.